The van der Waals surface area contributed by atoms with Crippen LogP contribution < -0.4 is 4.74 Å². The molecular weight excluding hydrogens is 310 g/mol. The largest absolute Gasteiger partial charge is 0.504 e. The average Bonchev–Trinajstić information content (AvgIpc) is 2.96. The fraction of sp³-hybridized carbons (Fsp3) is 0.0588. The molecule has 2 heterocycles. The van der Waals surface area contributed by atoms with Crippen molar-refractivity contribution in [3.05, 3.63) is 59.9 Å². The van der Waals surface area contributed by atoms with Crippen LogP contribution in [0.4, 0.5) is 0 Å². The monoisotopic (exact) mass is 325 g/mol. The van der Waals surface area contributed by atoms with E-state index in [9.17, 15) is 5.11 Å². The number of aromatic hydroxyl groups is 1. The Hall–Kier alpha value is -2.73. The standard InChI is InChI=1S/C17H15N3O2S/c1-22-15-10-12(6-8-14(15)21)5-7-13-11-17(23)20(19-13)16-4-2-3-9-18-16/h2-11,21,23H,1H3/b7-5+. The first kappa shape index (κ1) is 15.2. The number of methoxy groups -OCH3 is 1. The zero-order valence-corrected chi connectivity index (χ0v) is 13.3. The summed E-state index contributed by atoms with van der Waals surface area (Å²) in [7, 11) is 1.52. The van der Waals surface area contributed by atoms with Gasteiger partial charge in [0, 0.05) is 6.20 Å². The third kappa shape index (κ3) is 3.37. The molecule has 0 aliphatic rings. The number of ether oxygens (including phenoxy) is 1. The van der Waals surface area contributed by atoms with Gasteiger partial charge in [-0.25, -0.2) is 9.67 Å². The number of phenolic OH excluding ortho intramolecular Hbond substituents is 1. The van der Waals surface area contributed by atoms with Crippen molar-refractivity contribution in [2.24, 2.45) is 0 Å². The van der Waals surface area contributed by atoms with Crippen LogP contribution in [0.1, 0.15) is 11.3 Å². The molecule has 6 heteroatoms. The Morgan fingerprint density at radius 1 is 1.17 bits per heavy atom. The molecule has 0 aliphatic carbocycles. The minimum atomic E-state index is 0.113. The maximum atomic E-state index is 9.60. The number of pyridine rings is 1. The molecule has 0 amide bonds. The van der Waals surface area contributed by atoms with Crippen molar-refractivity contribution in [3.63, 3.8) is 0 Å². The Morgan fingerprint density at radius 2 is 2.04 bits per heavy atom. The first-order valence-corrected chi connectivity index (χ1v) is 7.37. The minimum absolute atomic E-state index is 0.113. The quantitative estimate of drug-likeness (QED) is 0.721. The van der Waals surface area contributed by atoms with Crippen LogP contribution in [0.25, 0.3) is 18.0 Å². The van der Waals surface area contributed by atoms with Crippen molar-refractivity contribution in [2.45, 2.75) is 5.03 Å². The fourth-order valence-electron chi connectivity index (χ4n) is 2.10. The molecule has 1 N–H and O–H groups in total. The molecule has 0 radical (unpaired) electrons. The van der Waals surface area contributed by atoms with Gasteiger partial charge >= 0.3 is 0 Å². The molecular formula is C17H15N3O2S. The SMILES string of the molecule is COc1cc(/C=C/c2cc(S)n(-c3ccccn3)n2)ccc1O. The van der Waals surface area contributed by atoms with E-state index in [-0.39, 0.29) is 5.75 Å². The van der Waals surface area contributed by atoms with Crippen LogP contribution >= 0.6 is 12.6 Å². The summed E-state index contributed by atoms with van der Waals surface area (Å²) >= 11 is 4.43. The molecule has 0 aliphatic heterocycles. The van der Waals surface area contributed by atoms with E-state index in [0.29, 0.717) is 16.6 Å². The number of aromatic nitrogens is 3. The Kier molecular flexibility index (Phi) is 4.34. The lowest BCUT2D eigenvalue weighted by atomic mass is 10.2. The zero-order chi connectivity index (χ0) is 16.2. The average molecular weight is 325 g/mol. The minimum Gasteiger partial charge on any atom is -0.504 e. The van der Waals surface area contributed by atoms with Crippen molar-refractivity contribution in [2.75, 3.05) is 7.11 Å². The lowest BCUT2D eigenvalue weighted by Gasteiger charge is -2.03. The number of nitrogens with zero attached hydrogens (tertiary/aromatic N) is 3. The van der Waals surface area contributed by atoms with E-state index in [1.807, 2.05) is 36.4 Å². The van der Waals surface area contributed by atoms with E-state index >= 15 is 0 Å². The Morgan fingerprint density at radius 3 is 2.78 bits per heavy atom. The lowest BCUT2D eigenvalue weighted by molar-refractivity contribution is 0.373. The van der Waals surface area contributed by atoms with E-state index < -0.39 is 0 Å². The molecule has 5 nitrogen and oxygen atoms in total. The molecule has 0 fully saturated rings. The molecule has 116 valence electrons. The van der Waals surface area contributed by atoms with Crippen LogP contribution in [0.2, 0.25) is 0 Å². The summed E-state index contributed by atoms with van der Waals surface area (Å²) in [5.74, 6) is 1.26. The van der Waals surface area contributed by atoms with Gasteiger partial charge < -0.3 is 9.84 Å². The summed E-state index contributed by atoms with van der Waals surface area (Å²) in [6.45, 7) is 0. The molecule has 3 rings (SSSR count). The van der Waals surface area contributed by atoms with Gasteiger partial charge in [-0.05, 0) is 42.0 Å². The number of phenols is 1. The van der Waals surface area contributed by atoms with E-state index in [2.05, 4.69) is 22.7 Å². The van der Waals surface area contributed by atoms with Crippen molar-refractivity contribution >= 4 is 24.8 Å². The Balaban J connectivity index is 1.86. The van der Waals surface area contributed by atoms with Crippen LogP contribution in [-0.4, -0.2) is 27.0 Å². The Labute approximate surface area is 139 Å². The molecule has 0 atom stereocenters. The van der Waals surface area contributed by atoms with Gasteiger partial charge in [0.05, 0.1) is 17.8 Å². The van der Waals surface area contributed by atoms with Gasteiger partial charge in [-0.1, -0.05) is 18.2 Å². The maximum absolute atomic E-state index is 9.60. The first-order chi connectivity index (χ1) is 11.2. The normalized spacial score (nSPS) is 11.0. The predicted octanol–water partition coefficient (Wildman–Crippen LogP) is 3.44. The van der Waals surface area contributed by atoms with Gasteiger partial charge in [0.15, 0.2) is 17.3 Å². The van der Waals surface area contributed by atoms with E-state index in [4.69, 9.17) is 4.74 Å². The van der Waals surface area contributed by atoms with Crippen molar-refractivity contribution in [1.29, 1.82) is 0 Å². The summed E-state index contributed by atoms with van der Waals surface area (Å²) in [5, 5.41) is 14.8. The third-order valence-corrected chi connectivity index (χ3v) is 3.54. The molecule has 0 saturated carbocycles. The highest BCUT2D eigenvalue weighted by atomic mass is 32.1. The topological polar surface area (TPSA) is 60.2 Å². The van der Waals surface area contributed by atoms with Crippen LogP contribution in [0.15, 0.2) is 53.7 Å². The summed E-state index contributed by atoms with van der Waals surface area (Å²) < 4.78 is 6.76. The lowest BCUT2D eigenvalue weighted by Crippen LogP contribution is -1.99. The zero-order valence-electron chi connectivity index (χ0n) is 12.4. The van der Waals surface area contributed by atoms with Crippen molar-refractivity contribution in [3.8, 4) is 17.3 Å². The highest BCUT2D eigenvalue weighted by molar-refractivity contribution is 7.80. The summed E-state index contributed by atoms with van der Waals surface area (Å²) in [5.41, 5.74) is 1.65. The number of thiol groups is 1. The second-order valence-electron chi connectivity index (χ2n) is 4.79. The summed E-state index contributed by atoms with van der Waals surface area (Å²) in [6, 6.07) is 12.6. The molecule has 23 heavy (non-hydrogen) atoms. The highest BCUT2D eigenvalue weighted by Crippen LogP contribution is 2.27. The number of rotatable bonds is 4. The van der Waals surface area contributed by atoms with Gasteiger partial charge in [0.25, 0.3) is 0 Å². The number of hydrogen-bond acceptors (Lipinski definition) is 5. The van der Waals surface area contributed by atoms with Gasteiger partial charge in [-0.3, -0.25) is 0 Å². The molecule has 0 spiro atoms. The summed E-state index contributed by atoms with van der Waals surface area (Å²) in [6.07, 6.45) is 5.47. The van der Waals surface area contributed by atoms with E-state index in [1.165, 1.54) is 7.11 Å². The van der Waals surface area contributed by atoms with Crippen molar-refractivity contribution in [1.82, 2.24) is 14.8 Å². The first-order valence-electron chi connectivity index (χ1n) is 6.93. The molecule has 2 aromatic heterocycles. The number of benzene rings is 1. The Bertz CT molecular complexity index is 844. The van der Waals surface area contributed by atoms with Gasteiger partial charge in [0.1, 0.15) is 0 Å². The van der Waals surface area contributed by atoms with Crippen LogP contribution in [0.5, 0.6) is 11.5 Å². The predicted molar refractivity (Wildman–Crippen MR) is 92.2 cm³/mol. The molecule has 0 saturated heterocycles. The maximum Gasteiger partial charge on any atom is 0.161 e. The second-order valence-corrected chi connectivity index (χ2v) is 5.25. The van der Waals surface area contributed by atoms with Crippen LogP contribution in [0, 0.1) is 0 Å². The fourth-order valence-corrected chi connectivity index (χ4v) is 2.38. The van der Waals surface area contributed by atoms with Gasteiger partial charge in [-0.15, -0.1) is 12.6 Å². The molecule has 1 aromatic carbocycles. The molecule has 0 unspecified atom stereocenters. The third-order valence-electron chi connectivity index (χ3n) is 3.23. The summed E-state index contributed by atoms with van der Waals surface area (Å²) in [4.78, 5) is 4.26. The van der Waals surface area contributed by atoms with Gasteiger partial charge in [-0.2, -0.15) is 5.10 Å². The van der Waals surface area contributed by atoms with E-state index in [1.54, 1.807) is 29.1 Å². The second kappa shape index (κ2) is 6.58. The number of hydrogen-bond donors (Lipinski definition) is 2. The smallest absolute Gasteiger partial charge is 0.161 e. The van der Waals surface area contributed by atoms with Gasteiger partial charge in [0.2, 0.25) is 0 Å². The molecule has 3 aromatic rings. The van der Waals surface area contributed by atoms with Crippen LogP contribution in [0.3, 0.4) is 0 Å². The van der Waals surface area contributed by atoms with Crippen LogP contribution in [-0.2, 0) is 0 Å². The highest BCUT2D eigenvalue weighted by Gasteiger charge is 2.06. The van der Waals surface area contributed by atoms with E-state index in [0.717, 1.165) is 11.3 Å². The molecule has 0 bridgehead atoms. The van der Waals surface area contributed by atoms with Crippen molar-refractivity contribution < 1.29 is 9.84 Å².